The second-order valence-corrected chi connectivity index (χ2v) is 3.74. The highest BCUT2D eigenvalue weighted by Gasteiger charge is 2.11. The molecule has 14 heavy (non-hydrogen) atoms. The molecule has 0 aliphatic rings. The Morgan fingerprint density at radius 3 is 2.57 bits per heavy atom. The topological polar surface area (TPSA) is 52.3 Å². The van der Waals surface area contributed by atoms with Crippen LogP contribution in [0.1, 0.15) is 39.0 Å². The molecule has 1 atom stereocenters. The molecule has 0 bridgehead atoms. The van der Waals surface area contributed by atoms with Crippen molar-refractivity contribution in [3.63, 3.8) is 0 Å². The maximum Gasteiger partial charge on any atom is 0.323 e. The monoisotopic (exact) mass is 219 g/mol. The SMILES string of the molecule is CCCCCCCOC(=O)C(N)CS. The van der Waals surface area contributed by atoms with Crippen LogP contribution in [-0.4, -0.2) is 24.4 Å². The van der Waals surface area contributed by atoms with Crippen molar-refractivity contribution in [1.29, 1.82) is 0 Å². The number of hydrogen-bond acceptors (Lipinski definition) is 4. The number of esters is 1. The van der Waals surface area contributed by atoms with Crippen LogP contribution in [-0.2, 0) is 9.53 Å². The fourth-order valence-electron chi connectivity index (χ4n) is 1.06. The lowest BCUT2D eigenvalue weighted by atomic mass is 10.2. The molecule has 4 heteroatoms. The van der Waals surface area contributed by atoms with Crippen LogP contribution in [0.15, 0.2) is 0 Å². The van der Waals surface area contributed by atoms with Crippen molar-refractivity contribution in [2.24, 2.45) is 5.73 Å². The zero-order valence-electron chi connectivity index (χ0n) is 8.87. The normalized spacial score (nSPS) is 12.5. The van der Waals surface area contributed by atoms with Crippen LogP contribution in [0.3, 0.4) is 0 Å². The molecular formula is C10H21NO2S. The molecule has 0 saturated heterocycles. The molecule has 0 aromatic rings. The molecule has 3 nitrogen and oxygen atoms in total. The van der Waals surface area contributed by atoms with E-state index < -0.39 is 6.04 Å². The molecule has 0 fully saturated rings. The first-order chi connectivity index (χ1) is 6.72. The van der Waals surface area contributed by atoms with Gasteiger partial charge in [0.05, 0.1) is 6.61 Å². The quantitative estimate of drug-likeness (QED) is 0.371. The fraction of sp³-hybridized carbons (Fsp3) is 0.900. The molecule has 0 saturated carbocycles. The fourth-order valence-corrected chi connectivity index (χ4v) is 1.21. The van der Waals surface area contributed by atoms with Crippen molar-refractivity contribution in [3.8, 4) is 0 Å². The van der Waals surface area contributed by atoms with Gasteiger partial charge in [-0.15, -0.1) is 0 Å². The Bertz CT molecular complexity index is 153. The third-order valence-corrected chi connectivity index (χ3v) is 2.39. The molecule has 0 heterocycles. The number of ether oxygens (including phenoxy) is 1. The van der Waals surface area contributed by atoms with Crippen LogP contribution < -0.4 is 5.73 Å². The highest BCUT2D eigenvalue weighted by molar-refractivity contribution is 7.80. The minimum absolute atomic E-state index is 0.338. The largest absolute Gasteiger partial charge is 0.465 e. The first-order valence-electron chi connectivity index (χ1n) is 5.25. The summed E-state index contributed by atoms with van der Waals surface area (Å²) in [6, 6.07) is -0.575. The smallest absolute Gasteiger partial charge is 0.323 e. The summed E-state index contributed by atoms with van der Waals surface area (Å²) in [4.78, 5) is 11.1. The van der Waals surface area contributed by atoms with Gasteiger partial charge in [0.15, 0.2) is 0 Å². The summed E-state index contributed by atoms with van der Waals surface area (Å²) in [5, 5.41) is 0. The number of carbonyl (C=O) groups excluding carboxylic acids is 1. The van der Waals surface area contributed by atoms with Gasteiger partial charge < -0.3 is 10.5 Å². The van der Waals surface area contributed by atoms with E-state index in [1.54, 1.807) is 0 Å². The Balaban J connectivity index is 3.23. The first kappa shape index (κ1) is 13.8. The molecule has 0 aromatic heterocycles. The summed E-state index contributed by atoms with van der Waals surface area (Å²) in [6.07, 6.45) is 5.75. The predicted octanol–water partition coefficient (Wildman–Crippen LogP) is 1.76. The Morgan fingerprint density at radius 2 is 2.00 bits per heavy atom. The van der Waals surface area contributed by atoms with Crippen LogP contribution in [0.25, 0.3) is 0 Å². The van der Waals surface area contributed by atoms with Crippen molar-refractivity contribution in [2.75, 3.05) is 12.4 Å². The zero-order chi connectivity index (χ0) is 10.8. The van der Waals surface area contributed by atoms with Gasteiger partial charge in [0.2, 0.25) is 0 Å². The molecule has 0 aliphatic carbocycles. The number of unbranched alkanes of at least 4 members (excludes halogenated alkanes) is 4. The highest BCUT2D eigenvalue weighted by Crippen LogP contribution is 2.02. The van der Waals surface area contributed by atoms with Gasteiger partial charge in [0.25, 0.3) is 0 Å². The zero-order valence-corrected chi connectivity index (χ0v) is 9.76. The molecular weight excluding hydrogens is 198 g/mol. The average Bonchev–Trinajstić information content (AvgIpc) is 2.21. The van der Waals surface area contributed by atoms with Gasteiger partial charge in [0, 0.05) is 5.75 Å². The summed E-state index contributed by atoms with van der Waals surface area (Å²) in [6.45, 7) is 2.66. The standard InChI is InChI=1S/C10H21NO2S/c1-2-3-4-5-6-7-13-10(12)9(11)8-14/h9,14H,2-8,11H2,1H3. The van der Waals surface area contributed by atoms with Gasteiger partial charge in [-0.3, -0.25) is 4.79 Å². The van der Waals surface area contributed by atoms with Gasteiger partial charge in [-0.05, 0) is 6.42 Å². The van der Waals surface area contributed by atoms with E-state index >= 15 is 0 Å². The van der Waals surface area contributed by atoms with Gasteiger partial charge in [0.1, 0.15) is 6.04 Å². The molecule has 0 aromatic carbocycles. The second-order valence-electron chi connectivity index (χ2n) is 3.37. The maximum absolute atomic E-state index is 11.1. The van der Waals surface area contributed by atoms with Gasteiger partial charge in [-0.2, -0.15) is 12.6 Å². The summed E-state index contributed by atoms with van der Waals surface area (Å²) in [5.41, 5.74) is 5.43. The summed E-state index contributed by atoms with van der Waals surface area (Å²) in [5.74, 6) is 0.00442. The maximum atomic E-state index is 11.1. The first-order valence-corrected chi connectivity index (χ1v) is 5.88. The average molecular weight is 219 g/mol. The predicted molar refractivity (Wildman–Crippen MR) is 61.5 cm³/mol. The summed E-state index contributed by atoms with van der Waals surface area (Å²) >= 11 is 3.92. The number of nitrogens with two attached hydrogens (primary N) is 1. The second kappa shape index (κ2) is 9.34. The number of thiol groups is 1. The third kappa shape index (κ3) is 7.21. The summed E-state index contributed by atoms with van der Waals surface area (Å²) < 4.78 is 4.96. The van der Waals surface area contributed by atoms with E-state index in [1.807, 2.05) is 0 Å². The van der Waals surface area contributed by atoms with E-state index in [0.717, 1.165) is 12.8 Å². The minimum atomic E-state index is -0.575. The van der Waals surface area contributed by atoms with Crippen LogP contribution in [0.2, 0.25) is 0 Å². The van der Waals surface area contributed by atoms with E-state index in [0.29, 0.717) is 12.4 Å². The van der Waals surface area contributed by atoms with E-state index in [4.69, 9.17) is 10.5 Å². The van der Waals surface area contributed by atoms with Crippen LogP contribution in [0.5, 0.6) is 0 Å². The van der Waals surface area contributed by atoms with Crippen molar-refractivity contribution < 1.29 is 9.53 Å². The number of rotatable bonds is 8. The molecule has 0 amide bonds. The van der Waals surface area contributed by atoms with E-state index in [2.05, 4.69) is 19.6 Å². The van der Waals surface area contributed by atoms with Crippen molar-refractivity contribution >= 4 is 18.6 Å². The lowest BCUT2D eigenvalue weighted by Crippen LogP contribution is -2.34. The van der Waals surface area contributed by atoms with Gasteiger partial charge in [-0.1, -0.05) is 32.6 Å². The highest BCUT2D eigenvalue weighted by atomic mass is 32.1. The van der Waals surface area contributed by atoms with Gasteiger partial charge in [-0.25, -0.2) is 0 Å². The van der Waals surface area contributed by atoms with Crippen molar-refractivity contribution in [2.45, 2.75) is 45.1 Å². The molecule has 0 rings (SSSR count). The number of carbonyl (C=O) groups is 1. The molecule has 1 unspecified atom stereocenters. The Morgan fingerprint density at radius 1 is 1.36 bits per heavy atom. The number of hydrogen-bond donors (Lipinski definition) is 2. The Labute approximate surface area is 91.8 Å². The Hall–Kier alpha value is -0.220. The lowest BCUT2D eigenvalue weighted by molar-refractivity contribution is -0.144. The molecule has 0 spiro atoms. The molecule has 0 radical (unpaired) electrons. The van der Waals surface area contributed by atoms with Crippen LogP contribution >= 0.6 is 12.6 Å². The van der Waals surface area contributed by atoms with Crippen LogP contribution in [0.4, 0.5) is 0 Å². The lowest BCUT2D eigenvalue weighted by Gasteiger charge is -2.08. The third-order valence-electron chi connectivity index (χ3n) is 1.99. The summed E-state index contributed by atoms with van der Waals surface area (Å²) in [7, 11) is 0. The molecule has 84 valence electrons. The van der Waals surface area contributed by atoms with Crippen molar-refractivity contribution in [3.05, 3.63) is 0 Å². The molecule has 2 N–H and O–H groups in total. The molecule has 0 aliphatic heterocycles. The van der Waals surface area contributed by atoms with Crippen molar-refractivity contribution in [1.82, 2.24) is 0 Å². The Kier molecular flexibility index (Phi) is 9.19. The minimum Gasteiger partial charge on any atom is -0.465 e. The van der Waals surface area contributed by atoms with E-state index in [9.17, 15) is 4.79 Å². The van der Waals surface area contributed by atoms with Gasteiger partial charge >= 0.3 is 5.97 Å². The van der Waals surface area contributed by atoms with E-state index in [-0.39, 0.29) is 5.97 Å². The van der Waals surface area contributed by atoms with Crippen LogP contribution in [0, 0.1) is 0 Å². The van der Waals surface area contributed by atoms with E-state index in [1.165, 1.54) is 19.3 Å².